The molecule has 0 bridgehead atoms. The third kappa shape index (κ3) is 3.90. The summed E-state index contributed by atoms with van der Waals surface area (Å²) in [5, 5.41) is 1.52. The zero-order valence-electron chi connectivity index (χ0n) is 12.2. The molecule has 0 aliphatic heterocycles. The standard InChI is InChI=1S/C15H20N2O2S2/c1-3-20-10-11(2)17-21(18,19)15-6-4-5-12-9-13(16)7-8-14(12)15/h4-9,11,17H,3,10,16H2,1-2H3. The van der Waals surface area contributed by atoms with Crippen LogP contribution in [-0.4, -0.2) is 26.0 Å². The lowest BCUT2D eigenvalue weighted by molar-refractivity contribution is 0.572. The van der Waals surface area contributed by atoms with Crippen LogP contribution in [0.25, 0.3) is 10.8 Å². The van der Waals surface area contributed by atoms with E-state index in [4.69, 9.17) is 5.73 Å². The second-order valence-electron chi connectivity index (χ2n) is 4.92. The zero-order valence-corrected chi connectivity index (χ0v) is 13.8. The summed E-state index contributed by atoms with van der Waals surface area (Å²) in [6.07, 6.45) is 0. The molecule has 3 N–H and O–H groups in total. The van der Waals surface area contributed by atoms with E-state index in [-0.39, 0.29) is 6.04 Å². The molecule has 0 aliphatic rings. The molecule has 6 heteroatoms. The Kier molecular flexibility index (Phi) is 5.13. The van der Waals surface area contributed by atoms with Gasteiger partial charge in [0.2, 0.25) is 10.0 Å². The van der Waals surface area contributed by atoms with Gasteiger partial charge in [0.25, 0.3) is 0 Å². The molecule has 2 aromatic rings. The van der Waals surface area contributed by atoms with Crippen molar-refractivity contribution in [3.63, 3.8) is 0 Å². The minimum atomic E-state index is -3.53. The van der Waals surface area contributed by atoms with Crippen LogP contribution in [0.15, 0.2) is 41.3 Å². The lowest BCUT2D eigenvalue weighted by Gasteiger charge is -2.15. The normalized spacial score (nSPS) is 13.4. The van der Waals surface area contributed by atoms with Crippen LogP contribution in [0.2, 0.25) is 0 Å². The Labute approximate surface area is 130 Å². The van der Waals surface area contributed by atoms with Gasteiger partial charge in [-0.3, -0.25) is 0 Å². The maximum Gasteiger partial charge on any atom is 0.241 e. The van der Waals surface area contributed by atoms with E-state index in [9.17, 15) is 8.42 Å². The molecule has 0 aromatic heterocycles. The van der Waals surface area contributed by atoms with E-state index < -0.39 is 10.0 Å². The van der Waals surface area contributed by atoms with Gasteiger partial charge in [0.1, 0.15) is 0 Å². The Morgan fingerprint density at radius 1 is 1.29 bits per heavy atom. The second-order valence-corrected chi connectivity index (χ2v) is 7.92. The number of thioether (sulfide) groups is 1. The average molecular weight is 324 g/mol. The van der Waals surface area contributed by atoms with Crippen LogP contribution in [0.4, 0.5) is 5.69 Å². The van der Waals surface area contributed by atoms with Gasteiger partial charge in [-0.1, -0.05) is 25.1 Å². The van der Waals surface area contributed by atoms with Gasteiger partial charge in [-0.25, -0.2) is 13.1 Å². The summed E-state index contributed by atoms with van der Waals surface area (Å²) in [5.41, 5.74) is 6.37. The first kappa shape index (κ1) is 16.1. The van der Waals surface area contributed by atoms with Crippen LogP contribution in [0.1, 0.15) is 13.8 Å². The number of nitrogens with two attached hydrogens (primary N) is 1. The lowest BCUT2D eigenvalue weighted by Crippen LogP contribution is -2.34. The minimum Gasteiger partial charge on any atom is -0.399 e. The molecule has 21 heavy (non-hydrogen) atoms. The Bertz CT molecular complexity index is 730. The van der Waals surface area contributed by atoms with E-state index in [1.165, 1.54) is 0 Å². The van der Waals surface area contributed by atoms with Crippen LogP contribution in [0.5, 0.6) is 0 Å². The Balaban J connectivity index is 2.36. The summed E-state index contributed by atoms with van der Waals surface area (Å²) < 4.78 is 27.8. The third-order valence-electron chi connectivity index (χ3n) is 3.08. The lowest BCUT2D eigenvalue weighted by atomic mass is 10.1. The van der Waals surface area contributed by atoms with Gasteiger partial charge < -0.3 is 5.73 Å². The third-order valence-corrected chi connectivity index (χ3v) is 5.87. The average Bonchev–Trinajstić information content (AvgIpc) is 2.43. The predicted octanol–water partition coefficient (Wildman–Crippen LogP) is 2.84. The van der Waals surface area contributed by atoms with E-state index in [2.05, 4.69) is 11.6 Å². The number of fused-ring (bicyclic) bond motifs is 1. The molecule has 0 aliphatic carbocycles. The van der Waals surface area contributed by atoms with Crippen LogP contribution < -0.4 is 10.5 Å². The summed E-state index contributed by atoms with van der Waals surface area (Å²) in [5.74, 6) is 1.73. The smallest absolute Gasteiger partial charge is 0.241 e. The van der Waals surface area contributed by atoms with Gasteiger partial charge in [0, 0.05) is 22.9 Å². The van der Waals surface area contributed by atoms with Gasteiger partial charge in [0.05, 0.1) is 4.90 Å². The molecule has 1 atom stereocenters. The van der Waals surface area contributed by atoms with Crippen LogP contribution >= 0.6 is 11.8 Å². The van der Waals surface area contributed by atoms with Crippen molar-refractivity contribution in [1.82, 2.24) is 4.72 Å². The van der Waals surface area contributed by atoms with E-state index in [1.54, 1.807) is 42.1 Å². The van der Waals surface area contributed by atoms with E-state index in [1.807, 2.05) is 13.0 Å². The zero-order chi connectivity index (χ0) is 15.5. The fourth-order valence-corrected chi connectivity index (χ4v) is 4.42. The number of hydrogen-bond donors (Lipinski definition) is 2. The predicted molar refractivity (Wildman–Crippen MR) is 91.1 cm³/mol. The molecule has 0 amide bonds. The van der Waals surface area contributed by atoms with Crippen molar-refractivity contribution in [2.24, 2.45) is 0 Å². The second kappa shape index (κ2) is 6.68. The van der Waals surface area contributed by atoms with Crippen molar-refractivity contribution in [3.05, 3.63) is 36.4 Å². The molecule has 0 saturated carbocycles. The van der Waals surface area contributed by atoms with Crippen molar-refractivity contribution >= 4 is 38.2 Å². The minimum absolute atomic E-state index is 0.107. The maximum absolute atomic E-state index is 12.6. The molecule has 4 nitrogen and oxygen atoms in total. The number of nitrogen functional groups attached to an aromatic ring is 1. The highest BCUT2D eigenvalue weighted by Crippen LogP contribution is 2.25. The number of benzene rings is 2. The van der Waals surface area contributed by atoms with Gasteiger partial charge in [-0.2, -0.15) is 11.8 Å². The summed E-state index contributed by atoms with van der Waals surface area (Å²) in [7, 11) is -3.53. The molecule has 0 spiro atoms. The quantitative estimate of drug-likeness (QED) is 0.802. The topological polar surface area (TPSA) is 72.2 Å². The molecule has 0 saturated heterocycles. The Morgan fingerprint density at radius 2 is 2.05 bits per heavy atom. The molecular formula is C15H20N2O2S2. The highest BCUT2D eigenvalue weighted by molar-refractivity contribution is 7.99. The monoisotopic (exact) mass is 324 g/mol. The molecule has 0 radical (unpaired) electrons. The molecule has 114 valence electrons. The van der Waals surface area contributed by atoms with Gasteiger partial charge in [-0.15, -0.1) is 0 Å². The van der Waals surface area contributed by atoms with Crippen molar-refractivity contribution in [3.8, 4) is 0 Å². The summed E-state index contributed by atoms with van der Waals surface area (Å²) in [6.45, 7) is 3.93. The maximum atomic E-state index is 12.6. The van der Waals surface area contributed by atoms with Gasteiger partial charge in [0.15, 0.2) is 0 Å². The fraction of sp³-hybridized carbons (Fsp3) is 0.333. The molecule has 2 rings (SSSR count). The number of nitrogens with one attached hydrogen (secondary N) is 1. The molecule has 2 aromatic carbocycles. The van der Waals surface area contributed by atoms with E-state index >= 15 is 0 Å². The first-order valence-corrected chi connectivity index (χ1v) is 9.46. The molecular weight excluding hydrogens is 304 g/mol. The fourth-order valence-electron chi connectivity index (χ4n) is 2.16. The van der Waals surface area contributed by atoms with Crippen LogP contribution in [0, 0.1) is 0 Å². The number of sulfonamides is 1. The van der Waals surface area contributed by atoms with E-state index in [0.29, 0.717) is 16.0 Å². The summed E-state index contributed by atoms with van der Waals surface area (Å²) in [4.78, 5) is 0.299. The first-order valence-electron chi connectivity index (χ1n) is 6.82. The Hall–Kier alpha value is -1.24. The number of anilines is 1. The van der Waals surface area contributed by atoms with Gasteiger partial charge >= 0.3 is 0 Å². The largest absolute Gasteiger partial charge is 0.399 e. The van der Waals surface area contributed by atoms with Crippen LogP contribution in [0.3, 0.4) is 0 Å². The number of rotatable bonds is 6. The molecule has 0 heterocycles. The van der Waals surface area contributed by atoms with Crippen molar-refractivity contribution in [2.75, 3.05) is 17.2 Å². The number of hydrogen-bond acceptors (Lipinski definition) is 4. The van der Waals surface area contributed by atoms with Crippen molar-refractivity contribution in [1.29, 1.82) is 0 Å². The molecule has 1 unspecified atom stereocenters. The van der Waals surface area contributed by atoms with Crippen LogP contribution in [-0.2, 0) is 10.0 Å². The Morgan fingerprint density at radius 3 is 2.76 bits per heavy atom. The summed E-state index contributed by atoms with van der Waals surface area (Å²) in [6, 6.07) is 10.4. The summed E-state index contributed by atoms with van der Waals surface area (Å²) >= 11 is 1.71. The SMILES string of the molecule is CCSCC(C)NS(=O)(=O)c1cccc2cc(N)ccc12. The van der Waals surface area contributed by atoms with Crippen molar-refractivity contribution < 1.29 is 8.42 Å². The highest BCUT2D eigenvalue weighted by atomic mass is 32.2. The molecule has 0 fully saturated rings. The van der Waals surface area contributed by atoms with E-state index in [0.717, 1.165) is 16.9 Å². The van der Waals surface area contributed by atoms with Gasteiger partial charge in [-0.05, 0) is 36.3 Å². The highest BCUT2D eigenvalue weighted by Gasteiger charge is 2.19. The first-order chi connectivity index (χ1) is 9.94. The van der Waals surface area contributed by atoms with Crippen molar-refractivity contribution in [2.45, 2.75) is 24.8 Å².